The summed E-state index contributed by atoms with van der Waals surface area (Å²) in [6.07, 6.45) is 5.16. The van der Waals surface area contributed by atoms with Crippen molar-refractivity contribution in [3.05, 3.63) is 71.2 Å². The zero-order chi connectivity index (χ0) is 18.5. The molecule has 0 radical (unpaired) electrons. The number of benzene rings is 1. The molecule has 0 unspecified atom stereocenters. The number of amides is 1. The van der Waals surface area contributed by atoms with Crippen LogP contribution in [0.2, 0.25) is 0 Å². The van der Waals surface area contributed by atoms with E-state index in [1.54, 1.807) is 23.7 Å². The summed E-state index contributed by atoms with van der Waals surface area (Å²) >= 11 is 1.63. The Labute approximate surface area is 162 Å². The first-order chi connectivity index (χ1) is 13.3. The molecule has 2 aromatic heterocycles. The van der Waals surface area contributed by atoms with Crippen LogP contribution in [0.4, 0.5) is 5.82 Å². The van der Waals surface area contributed by atoms with E-state index in [0.29, 0.717) is 13.1 Å². The van der Waals surface area contributed by atoms with Crippen molar-refractivity contribution in [1.29, 1.82) is 0 Å². The molecule has 3 aromatic rings. The van der Waals surface area contributed by atoms with Crippen molar-refractivity contribution >= 4 is 29.1 Å². The lowest BCUT2D eigenvalue weighted by Crippen LogP contribution is -2.48. The molecule has 1 aliphatic rings. The van der Waals surface area contributed by atoms with Gasteiger partial charge in [0.2, 0.25) is 5.91 Å². The Balaban J connectivity index is 1.39. The molecule has 0 atom stereocenters. The van der Waals surface area contributed by atoms with Crippen LogP contribution in [-0.2, 0) is 4.79 Å². The fourth-order valence-corrected chi connectivity index (χ4v) is 3.71. The van der Waals surface area contributed by atoms with Gasteiger partial charge in [-0.25, -0.2) is 9.97 Å². The van der Waals surface area contributed by atoms with Gasteiger partial charge in [-0.3, -0.25) is 4.79 Å². The highest BCUT2D eigenvalue weighted by atomic mass is 32.1. The number of anilines is 1. The molecule has 1 amide bonds. The Hall–Kier alpha value is -2.99. The van der Waals surface area contributed by atoms with Gasteiger partial charge >= 0.3 is 0 Å². The van der Waals surface area contributed by atoms with Crippen molar-refractivity contribution in [2.45, 2.75) is 0 Å². The van der Waals surface area contributed by atoms with Gasteiger partial charge in [0.15, 0.2) is 0 Å². The second-order valence-corrected chi connectivity index (χ2v) is 7.27. The van der Waals surface area contributed by atoms with Crippen LogP contribution >= 0.6 is 11.3 Å². The highest BCUT2D eigenvalue weighted by molar-refractivity contribution is 7.10. The number of aromatic nitrogens is 2. The SMILES string of the molecule is O=C(/C=C/c1cccs1)N1CCN(c2cc(-c3ccccc3)ncn2)CC1. The van der Waals surface area contributed by atoms with Gasteiger partial charge in [0, 0.05) is 48.8 Å². The summed E-state index contributed by atoms with van der Waals surface area (Å²) in [5, 5.41) is 2.01. The van der Waals surface area contributed by atoms with Gasteiger partial charge in [-0.05, 0) is 17.5 Å². The Morgan fingerprint density at radius 1 is 1.00 bits per heavy atom. The Morgan fingerprint density at radius 2 is 1.81 bits per heavy atom. The molecular formula is C21H20N4OS. The number of hydrogen-bond acceptors (Lipinski definition) is 5. The largest absolute Gasteiger partial charge is 0.353 e. The minimum Gasteiger partial charge on any atom is -0.353 e. The summed E-state index contributed by atoms with van der Waals surface area (Å²) < 4.78 is 0. The van der Waals surface area contributed by atoms with Gasteiger partial charge in [0.25, 0.3) is 0 Å². The van der Waals surface area contributed by atoms with Crippen LogP contribution in [0.15, 0.2) is 66.3 Å². The maximum absolute atomic E-state index is 12.4. The van der Waals surface area contributed by atoms with Crippen molar-refractivity contribution in [3.8, 4) is 11.3 Å². The van der Waals surface area contributed by atoms with Gasteiger partial charge in [-0.1, -0.05) is 36.4 Å². The van der Waals surface area contributed by atoms with E-state index in [-0.39, 0.29) is 5.91 Å². The number of carbonyl (C=O) groups is 1. The third-order valence-electron chi connectivity index (χ3n) is 4.57. The first kappa shape index (κ1) is 17.4. The maximum Gasteiger partial charge on any atom is 0.246 e. The normalized spacial score (nSPS) is 14.7. The van der Waals surface area contributed by atoms with Gasteiger partial charge in [0.1, 0.15) is 12.1 Å². The van der Waals surface area contributed by atoms with E-state index in [9.17, 15) is 4.79 Å². The van der Waals surface area contributed by atoms with Crippen LogP contribution in [0.5, 0.6) is 0 Å². The van der Waals surface area contributed by atoms with E-state index in [1.807, 2.05) is 64.9 Å². The van der Waals surface area contributed by atoms with Crippen molar-refractivity contribution in [1.82, 2.24) is 14.9 Å². The van der Waals surface area contributed by atoms with Crippen LogP contribution in [0, 0.1) is 0 Å². The van der Waals surface area contributed by atoms with Gasteiger partial charge in [-0.2, -0.15) is 0 Å². The second-order valence-electron chi connectivity index (χ2n) is 6.29. The third kappa shape index (κ3) is 4.23. The molecular weight excluding hydrogens is 356 g/mol. The summed E-state index contributed by atoms with van der Waals surface area (Å²) in [6, 6.07) is 16.1. The molecule has 0 bridgehead atoms. The minimum absolute atomic E-state index is 0.0655. The van der Waals surface area contributed by atoms with Gasteiger partial charge in [0.05, 0.1) is 5.69 Å². The van der Waals surface area contributed by atoms with Crippen LogP contribution in [0.25, 0.3) is 17.3 Å². The van der Waals surface area contributed by atoms with Crippen LogP contribution < -0.4 is 4.90 Å². The lowest BCUT2D eigenvalue weighted by Gasteiger charge is -2.35. The summed E-state index contributed by atoms with van der Waals surface area (Å²) in [4.78, 5) is 26.4. The van der Waals surface area contributed by atoms with E-state index in [0.717, 1.165) is 35.0 Å². The molecule has 27 heavy (non-hydrogen) atoms. The lowest BCUT2D eigenvalue weighted by molar-refractivity contribution is -0.126. The van der Waals surface area contributed by atoms with Crippen LogP contribution in [0.3, 0.4) is 0 Å². The molecule has 0 aliphatic carbocycles. The molecule has 1 saturated heterocycles. The van der Waals surface area contributed by atoms with E-state index in [1.165, 1.54) is 0 Å². The molecule has 3 heterocycles. The monoisotopic (exact) mass is 376 g/mol. The average Bonchev–Trinajstić information content (AvgIpc) is 3.27. The lowest BCUT2D eigenvalue weighted by atomic mass is 10.1. The van der Waals surface area contributed by atoms with Crippen LogP contribution in [0.1, 0.15) is 4.88 Å². The molecule has 1 aromatic carbocycles. The topological polar surface area (TPSA) is 49.3 Å². The number of nitrogens with zero attached hydrogens (tertiary/aromatic N) is 4. The van der Waals surface area contributed by atoms with E-state index in [4.69, 9.17) is 0 Å². The highest BCUT2D eigenvalue weighted by Gasteiger charge is 2.21. The highest BCUT2D eigenvalue weighted by Crippen LogP contribution is 2.21. The average molecular weight is 376 g/mol. The minimum atomic E-state index is 0.0655. The molecule has 1 aliphatic heterocycles. The fourth-order valence-electron chi connectivity index (χ4n) is 3.09. The van der Waals surface area contributed by atoms with Crippen molar-refractivity contribution < 1.29 is 4.79 Å². The summed E-state index contributed by atoms with van der Waals surface area (Å²) in [7, 11) is 0. The molecule has 0 spiro atoms. The summed E-state index contributed by atoms with van der Waals surface area (Å²) in [5.41, 5.74) is 1.99. The molecule has 6 heteroatoms. The summed E-state index contributed by atoms with van der Waals surface area (Å²) in [5.74, 6) is 0.973. The van der Waals surface area contributed by atoms with E-state index >= 15 is 0 Å². The predicted molar refractivity (Wildman–Crippen MR) is 110 cm³/mol. The van der Waals surface area contributed by atoms with E-state index < -0.39 is 0 Å². The molecule has 136 valence electrons. The molecule has 0 saturated carbocycles. The van der Waals surface area contributed by atoms with Crippen molar-refractivity contribution in [2.24, 2.45) is 0 Å². The first-order valence-electron chi connectivity index (χ1n) is 8.92. The molecule has 4 rings (SSSR count). The van der Waals surface area contributed by atoms with Crippen molar-refractivity contribution in [3.63, 3.8) is 0 Å². The van der Waals surface area contributed by atoms with E-state index in [2.05, 4.69) is 14.9 Å². The predicted octanol–water partition coefficient (Wildman–Crippen LogP) is 3.57. The maximum atomic E-state index is 12.4. The third-order valence-corrected chi connectivity index (χ3v) is 5.41. The van der Waals surface area contributed by atoms with Crippen LogP contribution in [-0.4, -0.2) is 47.0 Å². The second kappa shape index (κ2) is 8.14. The fraction of sp³-hybridized carbons (Fsp3) is 0.190. The van der Waals surface area contributed by atoms with Gasteiger partial charge < -0.3 is 9.80 Å². The Kier molecular flexibility index (Phi) is 5.25. The molecule has 5 nitrogen and oxygen atoms in total. The number of thiophene rings is 1. The number of rotatable bonds is 4. The van der Waals surface area contributed by atoms with Gasteiger partial charge in [-0.15, -0.1) is 11.3 Å². The first-order valence-corrected chi connectivity index (χ1v) is 9.80. The Bertz CT molecular complexity index is 916. The Morgan fingerprint density at radius 3 is 2.56 bits per heavy atom. The smallest absolute Gasteiger partial charge is 0.246 e. The number of hydrogen-bond donors (Lipinski definition) is 0. The zero-order valence-corrected chi connectivity index (χ0v) is 15.7. The quantitative estimate of drug-likeness (QED) is 0.653. The summed E-state index contributed by atoms with van der Waals surface area (Å²) in [6.45, 7) is 2.92. The zero-order valence-electron chi connectivity index (χ0n) is 14.9. The number of piperazine rings is 1. The molecule has 0 N–H and O–H groups in total. The van der Waals surface area contributed by atoms with Crippen molar-refractivity contribution in [2.75, 3.05) is 31.1 Å². The number of carbonyl (C=O) groups excluding carboxylic acids is 1. The standard InChI is InChI=1S/C21H20N4OS/c26-21(9-8-18-7-4-14-27-18)25-12-10-24(11-13-25)20-15-19(22-16-23-20)17-5-2-1-3-6-17/h1-9,14-16H,10-13H2/b9-8+. The molecule has 1 fully saturated rings.